The second-order valence-corrected chi connectivity index (χ2v) is 10.5. The van der Waals surface area contributed by atoms with E-state index < -0.39 is 0 Å². The van der Waals surface area contributed by atoms with E-state index >= 15 is 0 Å². The molecule has 3 heteroatoms. The van der Waals surface area contributed by atoms with Gasteiger partial charge in [-0.05, 0) is 43.4 Å². The van der Waals surface area contributed by atoms with Crippen molar-refractivity contribution in [2.45, 2.75) is 149 Å². The summed E-state index contributed by atoms with van der Waals surface area (Å²) in [7, 11) is 0. The lowest BCUT2D eigenvalue weighted by Crippen LogP contribution is -1.95. The van der Waals surface area contributed by atoms with Crippen LogP contribution in [0.25, 0.3) is 11.4 Å². The molecule has 0 aliphatic rings. The van der Waals surface area contributed by atoms with Crippen LogP contribution in [-0.2, 0) is 12.8 Å². The molecule has 0 saturated heterocycles. The van der Waals surface area contributed by atoms with Gasteiger partial charge in [0.1, 0.15) is 0 Å². The first-order valence-corrected chi connectivity index (χ1v) is 15.1. The lowest BCUT2D eigenvalue weighted by molar-refractivity contribution is 0.555. The molecule has 0 aliphatic carbocycles. The molecule has 0 radical (unpaired) electrons. The molecule has 2 aromatic heterocycles. The Morgan fingerprint density at radius 2 is 0.914 bits per heavy atom. The smallest absolute Gasteiger partial charge is 0.160 e. The molecule has 0 unspecified atom stereocenters. The largest absolute Gasteiger partial charge is 0.261 e. The van der Waals surface area contributed by atoms with Gasteiger partial charge in [0.05, 0.1) is 0 Å². The maximum absolute atomic E-state index is 4.67. The van der Waals surface area contributed by atoms with Crippen LogP contribution in [0.3, 0.4) is 0 Å². The molecule has 0 fully saturated rings. The normalized spacial score (nSPS) is 11.3. The first-order valence-electron chi connectivity index (χ1n) is 15.1. The van der Waals surface area contributed by atoms with Crippen LogP contribution in [-0.4, -0.2) is 15.0 Å². The van der Waals surface area contributed by atoms with Crippen molar-refractivity contribution in [1.29, 1.82) is 0 Å². The minimum Gasteiger partial charge on any atom is -0.261 e. The topological polar surface area (TPSA) is 38.7 Å². The fourth-order valence-corrected chi connectivity index (χ4v) is 4.77. The summed E-state index contributed by atoms with van der Waals surface area (Å²) in [5.74, 6) is 0.791. The van der Waals surface area contributed by atoms with Gasteiger partial charge in [0.2, 0.25) is 0 Å². The van der Waals surface area contributed by atoms with Crippen molar-refractivity contribution in [3.8, 4) is 11.4 Å². The molecule has 196 valence electrons. The SMILES string of the molecule is CCCCCCCCCCCCc1ccc(-c2ncc(CCCCCCCCCCC)cn2)cn1. The number of hydrogen-bond acceptors (Lipinski definition) is 3. The number of rotatable bonds is 22. The van der Waals surface area contributed by atoms with E-state index in [1.807, 2.05) is 18.6 Å². The number of nitrogens with zero attached hydrogens (tertiary/aromatic N) is 3. The van der Waals surface area contributed by atoms with E-state index in [-0.39, 0.29) is 0 Å². The third-order valence-electron chi connectivity index (χ3n) is 7.14. The van der Waals surface area contributed by atoms with Gasteiger partial charge in [-0.3, -0.25) is 4.98 Å². The quantitative estimate of drug-likeness (QED) is 0.158. The summed E-state index contributed by atoms with van der Waals surface area (Å²) in [6.07, 6.45) is 34.2. The monoisotopic (exact) mass is 479 g/mol. The van der Waals surface area contributed by atoms with Crippen LogP contribution >= 0.6 is 0 Å². The first-order chi connectivity index (χ1) is 17.3. The van der Waals surface area contributed by atoms with E-state index in [1.54, 1.807) is 0 Å². The second-order valence-electron chi connectivity index (χ2n) is 10.5. The summed E-state index contributed by atoms with van der Waals surface area (Å²) in [4.78, 5) is 13.9. The Bertz CT molecular complexity index is 723. The van der Waals surface area contributed by atoms with E-state index in [4.69, 9.17) is 0 Å². The second kappa shape index (κ2) is 20.4. The zero-order chi connectivity index (χ0) is 24.8. The number of hydrogen-bond donors (Lipinski definition) is 0. The molecule has 0 amide bonds. The van der Waals surface area contributed by atoms with Crippen molar-refractivity contribution in [2.24, 2.45) is 0 Å². The number of aromatic nitrogens is 3. The van der Waals surface area contributed by atoms with Crippen LogP contribution in [0, 0.1) is 0 Å². The number of pyridine rings is 1. The molecule has 0 atom stereocenters. The molecule has 0 saturated carbocycles. The van der Waals surface area contributed by atoms with Crippen molar-refractivity contribution in [1.82, 2.24) is 15.0 Å². The summed E-state index contributed by atoms with van der Waals surface area (Å²) in [5, 5.41) is 0. The average molecular weight is 480 g/mol. The average Bonchev–Trinajstić information content (AvgIpc) is 2.89. The maximum Gasteiger partial charge on any atom is 0.160 e. The molecular formula is C32H53N3. The Morgan fingerprint density at radius 3 is 1.37 bits per heavy atom. The lowest BCUT2D eigenvalue weighted by Gasteiger charge is -2.05. The van der Waals surface area contributed by atoms with Gasteiger partial charge in [-0.25, -0.2) is 9.97 Å². The number of unbranched alkanes of at least 4 members (excludes halogenated alkanes) is 17. The Balaban J connectivity index is 1.55. The highest BCUT2D eigenvalue weighted by molar-refractivity contribution is 5.53. The molecule has 0 bridgehead atoms. The predicted molar refractivity (Wildman–Crippen MR) is 152 cm³/mol. The van der Waals surface area contributed by atoms with Crippen molar-refractivity contribution in [3.05, 3.63) is 42.0 Å². The van der Waals surface area contributed by atoms with E-state index in [9.17, 15) is 0 Å². The van der Waals surface area contributed by atoms with E-state index in [2.05, 4.69) is 40.9 Å². The van der Waals surface area contributed by atoms with Gasteiger partial charge in [-0.1, -0.05) is 123 Å². The van der Waals surface area contributed by atoms with Crippen molar-refractivity contribution in [3.63, 3.8) is 0 Å². The van der Waals surface area contributed by atoms with Gasteiger partial charge in [0.25, 0.3) is 0 Å². The lowest BCUT2D eigenvalue weighted by atomic mass is 10.0. The predicted octanol–water partition coefficient (Wildman–Crippen LogP) is 10.1. The van der Waals surface area contributed by atoms with Crippen LogP contribution in [0.1, 0.15) is 147 Å². The Kier molecular flexibility index (Phi) is 17.2. The molecular weight excluding hydrogens is 426 g/mol. The van der Waals surface area contributed by atoms with Crippen molar-refractivity contribution in [2.75, 3.05) is 0 Å². The zero-order valence-corrected chi connectivity index (χ0v) is 23.1. The molecule has 3 nitrogen and oxygen atoms in total. The molecule has 0 spiro atoms. The van der Waals surface area contributed by atoms with Crippen LogP contribution in [0.5, 0.6) is 0 Å². The fraction of sp³-hybridized carbons (Fsp3) is 0.719. The zero-order valence-electron chi connectivity index (χ0n) is 23.1. The number of aryl methyl sites for hydroxylation is 2. The summed E-state index contributed by atoms with van der Waals surface area (Å²) in [6, 6.07) is 4.29. The Hall–Kier alpha value is -1.77. The van der Waals surface area contributed by atoms with Gasteiger partial charge in [0.15, 0.2) is 5.82 Å². The molecule has 35 heavy (non-hydrogen) atoms. The van der Waals surface area contributed by atoms with Gasteiger partial charge in [0, 0.05) is 29.8 Å². The maximum atomic E-state index is 4.67. The molecule has 2 heterocycles. The van der Waals surface area contributed by atoms with Crippen LogP contribution in [0.4, 0.5) is 0 Å². The summed E-state index contributed by atoms with van der Waals surface area (Å²) >= 11 is 0. The van der Waals surface area contributed by atoms with E-state index in [1.165, 1.54) is 133 Å². The molecule has 2 rings (SSSR count). The van der Waals surface area contributed by atoms with Crippen molar-refractivity contribution >= 4 is 0 Å². The molecule has 0 N–H and O–H groups in total. The summed E-state index contributed by atoms with van der Waals surface area (Å²) < 4.78 is 0. The van der Waals surface area contributed by atoms with Crippen molar-refractivity contribution < 1.29 is 0 Å². The van der Waals surface area contributed by atoms with E-state index in [0.29, 0.717) is 0 Å². The summed E-state index contributed by atoms with van der Waals surface area (Å²) in [5.41, 5.74) is 3.46. The third-order valence-corrected chi connectivity index (χ3v) is 7.14. The van der Waals surface area contributed by atoms with Crippen LogP contribution in [0.2, 0.25) is 0 Å². The fourth-order valence-electron chi connectivity index (χ4n) is 4.77. The molecule has 0 aliphatic heterocycles. The van der Waals surface area contributed by atoms with Gasteiger partial charge < -0.3 is 0 Å². The highest BCUT2D eigenvalue weighted by Gasteiger charge is 2.04. The van der Waals surface area contributed by atoms with Crippen LogP contribution < -0.4 is 0 Å². The van der Waals surface area contributed by atoms with Crippen LogP contribution in [0.15, 0.2) is 30.7 Å². The molecule has 0 aromatic carbocycles. The van der Waals surface area contributed by atoms with Gasteiger partial charge >= 0.3 is 0 Å². The van der Waals surface area contributed by atoms with Gasteiger partial charge in [-0.2, -0.15) is 0 Å². The third kappa shape index (κ3) is 14.4. The first kappa shape index (κ1) is 29.5. The van der Waals surface area contributed by atoms with Gasteiger partial charge in [-0.15, -0.1) is 0 Å². The minimum atomic E-state index is 0.791. The molecule has 2 aromatic rings. The van der Waals surface area contributed by atoms with E-state index in [0.717, 1.165) is 24.2 Å². The summed E-state index contributed by atoms with van der Waals surface area (Å²) in [6.45, 7) is 4.57. The standard InChI is InChI=1S/C32H53N3/c1-3-5-7-9-11-13-15-17-19-21-23-31-25-24-30(28-33-31)32-34-26-29(27-35-32)22-20-18-16-14-12-10-8-6-4-2/h24-28H,3-23H2,1-2H3. The highest BCUT2D eigenvalue weighted by Crippen LogP contribution is 2.17. The Morgan fingerprint density at radius 1 is 0.457 bits per heavy atom. The minimum absolute atomic E-state index is 0.791. The highest BCUT2D eigenvalue weighted by atomic mass is 14.9. The Labute approximate surface area is 217 Å².